The number of hydrazone groups is 1. The maximum absolute atomic E-state index is 12.1. The van der Waals surface area contributed by atoms with Crippen LogP contribution in [0.3, 0.4) is 0 Å². The Morgan fingerprint density at radius 1 is 0.846 bits per heavy atom. The number of carbonyl (C=O) groups is 2. The number of non-ortho nitro benzene ring substituents is 1. The van der Waals surface area contributed by atoms with Crippen LogP contribution in [0.4, 0.5) is 17.1 Å². The molecule has 0 aliphatic rings. The van der Waals surface area contributed by atoms with Gasteiger partial charge in [-0.1, -0.05) is 0 Å². The number of hydrogen-bond donors (Lipinski definition) is 2. The Kier molecular flexibility index (Phi) is 9.45. The van der Waals surface area contributed by atoms with Crippen LogP contribution >= 0.6 is 0 Å². The summed E-state index contributed by atoms with van der Waals surface area (Å²) in [7, 11) is 0. The summed E-state index contributed by atoms with van der Waals surface area (Å²) in [6, 6.07) is 13.9. The van der Waals surface area contributed by atoms with E-state index in [2.05, 4.69) is 15.8 Å². The van der Waals surface area contributed by atoms with E-state index in [1.165, 1.54) is 24.4 Å². The van der Waals surface area contributed by atoms with Crippen molar-refractivity contribution in [1.29, 1.82) is 0 Å². The maximum atomic E-state index is 12.1. The first-order chi connectivity index (χ1) is 18.7. The second-order valence-electron chi connectivity index (χ2n) is 7.52. The number of nitro groups is 2. The fourth-order valence-electron chi connectivity index (χ4n) is 3.13. The lowest BCUT2D eigenvalue weighted by Gasteiger charge is -2.12. The van der Waals surface area contributed by atoms with Crippen molar-refractivity contribution in [3.05, 3.63) is 86.5 Å². The van der Waals surface area contributed by atoms with Crippen molar-refractivity contribution < 1.29 is 33.6 Å². The molecule has 0 aromatic heterocycles. The minimum Gasteiger partial charge on any atom is -0.494 e. The molecule has 0 saturated carbocycles. The van der Waals surface area contributed by atoms with Crippen molar-refractivity contribution in [3.63, 3.8) is 0 Å². The summed E-state index contributed by atoms with van der Waals surface area (Å²) in [6.07, 6.45) is 1.25. The maximum Gasteiger partial charge on any atom is 0.329 e. The Morgan fingerprint density at radius 2 is 1.54 bits per heavy atom. The van der Waals surface area contributed by atoms with Crippen molar-refractivity contribution in [2.24, 2.45) is 5.10 Å². The molecule has 2 N–H and O–H groups in total. The van der Waals surface area contributed by atoms with Gasteiger partial charge in [0.05, 0.1) is 35.3 Å². The second-order valence-corrected chi connectivity index (χ2v) is 7.52. The summed E-state index contributed by atoms with van der Waals surface area (Å²) in [5, 5.41) is 28.6. The van der Waals surface area contributed by atoms with E-state index in [-0.39, 0.29) is 23.9 Å². The molecule has 3 aromatic rings. The van der Waals surface area contributed by atoms with Crippen LogP contribution in [0.1, 0.15) is 19.4 Å². The lowest BCUT2D eigenvalue weighted by atomic mass is 10.2. The molecular formula is C25H23N5O9. The van der Waals surface area contributed by atoms with Gasteiger partial charge in [-0.25, -0.2) is 5.43 Å². The molecule has 0 spiro atoms. The number of rotatable bonds is 11. The molecule has 14 nitrogen and oxygen atoms in total. The zero-order valence-corrected chi connectivity index (χ0v) is 20.8. The molecule has 0 atom stereocenters. The number of nitrogens with zero attached hydrogens (tertiary/aromatic N) is 3. The number of carbonyl (C=O) groups excluding carboxylic acids is 2. The van der Waals surface area contributed by atoms with Crippen LogP contribution in [0.5, 0.6) is 23.0 Å². The van der Waals surface area contributed by atoms with Crippen LogP contribution in [-0.2, 0) is 9.59 Å². The molecule has 2 amide bonds. The first-order valence-corrected chi connectivity index (χ1v) is 11.5. The number of hydrogen-bond acceptors (Lipinski definition) is 10. The van der Waals surface area contributed by atoms with E-state index in [1.54, 1.807) is 31.2 Å². The molecule has 202 valence electrons. The van der Waals surface area contributed by atoms with E-state index in [0.717, 1.165) is 18.2 Å². The highest BCUT2D eigenvalue weighted by Crippen LogP contribution is 2.38. The highest BCUT2D eigenvalue weighted by atomic mass is 16.6. The van der Waals surface area contributed by atoms with E-state index in [4.69, 9.17) is 14.2 Å². The van der Waals surface area contributed by atoms with Gasteiger partial charge in [-0.3, -0.25) is 29.8 Å². The van der Waals surface area contributed by atoms with Gasteiger partial charge < -0.3 is 19.5 Å². The Balaban J connectivity index is 1.68. The van der Waals surface area contributed by atoms with E-state index < -0.39 is 33.0 Å². The number of nitrogens with one attached hydrogen (secondary N) is 2. The first-order valence-electron chi connectivity index (χ1n) is 11.5. The number of amides is 2. The summed E-state index contributed by atoms with van der Waals surface area (Å²) in [6.45, 7) is 4.27. The zero-order valence-electron chi connectivity index (χ0n) is 20.8. The first kappa shape index (κ1) is 28.0. The summed E-state index contributed by atoms with van der Waals surface area (Å²) < 4.78 is 16.5. The average Bonchev–Trinajstić information content (AvgIpc) is 2.91. The molecular weight excluding hydrogens is 514 g/mol. The van der Waals surface area contributed by atoms with Crippen LogP contribution in [0.15, 0.2) is 65.8 Å². The van der Waals surface area contributed by atoms with Crippen LogP contribution < -0.4 is 25.0 Å². The number of nitro benzene ring substituents is 2. The predicted molar refractivity (Wildman–Crippen MR) is 139 cm³/mol. The monoisotopic (exact) mass is 537 g/mol. The predicted octanol–water partition coefficient (Wildman–Crippen LogP) is 4.18. The topological polar surface area (TPSA) is 185 Å². The third-order valence-corrected chi connectivity index (χ3v) is 4.85. The quantitative estimate of drug-likeness (QED) is 0.157. The van der Waals surface area contributed by atoms with Crippen LogP contribution in [0.25, 0.3) is 0 Å². The van der Waals surface area contributed by atoms with E-state index in [1.807, 2.05) is 6.92 Å². The molecule has 0 saturated heterocycles. The van der Waals surface area contributed by atoms with Gasteiger partial charge in [0.25, 0.3) is 5.69 Å². The van der Waals surface area contributed by atoms with Crippen molar-refractivity contribution in [2.45, 2.75) is 13.8 Å². The molecule has 0 aliphatic carbocycles. The van der Waals surface area contributed by atoms with Crippen molar-refractivity contribution >= 4 is 35.1 Å². The molecule has 3 aromatic carbocycles. The second kappa shape index (κ2) is 13.1. The van der Waals surface area contributed by atoms with Gasteiger partial charge in [-0.05, 0) is 67.9 Å². The Hall–Kier alpha value is -5.53. The third kappa shape index (κ3) is 7.72. The van der Waals surface area contributed by atoms with Gasteiger partial charge >= 0.3 is 17.5 Å². The van der Waals surface area contributed by atoms with Gasteiger partial charge in [0.1, 0.15) is 5.75 Å². The normalized spacial score (nSPS) is 10.5. The minimum absolute atomic E-state index is 0.102. The largest absolute Gasteiger partial charge is 0.494 e. The Labute approximate surface area is 221 Å². The van der Waals surface area contributed by atoms with Gasteiger partial charge in [-0.2, -0.15) is 5.10 Å². The molecule has 14 heteroatoms. The Morgan fingerprint density at radius 3 is 2.18 bits per heavy atom. The molecule has 39 heavy (non-hydrogen) atoms. The summed E-state index contributed by atoms with van der Waals surface area (Å²) in [5.41, 5.74) is 1.90. The highest BCUT2D eigenvalue weighted by Gasteiger charge is 2.22. The molecule has 0 aliphatic heterocycles. The fraction of sp³-hybridized carbons (Fsp3) is 0.160. The van der Waals surface area contributed by atoms with E-state index >= 15 is 0 Å². The zero-order chi connectivity index (χ0) is 28.4. The Bertz CT molecular complexity index is 1410. The smallest absolute Gasteiger partial charge is 0.329 e. The van der Waals surface area contributed by atoms with E-state index in [9.17, 15) is 29.8 Å². The summed E-state index contributed by atoms with van der Waals surface area (Å²) >= 11 is 0. The minimum atomic E-state index is -1.00. The summed E-state index contributed by atoms with van der Waals surface area (Å²) in [5.74, 6) is -1.24. The molecule has 0 bridgehead atoms. The van der Waals surface area contributed by atoms with Gasteiger partial charge in [0, 0.05) is 11.8 Å². The van der Waals surface area contributed by atoms with Crippen LogP contribution in [0.2, 0.25) is 0 Å². The molecule has 0 heterocycles. The van der Waals surface area contributed by atoms with Gasteiger partial charge in [0.15, 0.2) is 11.5 Å². The number of benzene rings is 3. The lowest BCUT2D eigenvalue weighted by molar-refractivity contribution is -0.394. The van der Waals surface area contributed by atoms with Gasteiger partial charge in [-0.15, -0.1) is 0 Å². The van der Waals surface area contributed by atoms with Gasteiger partial charge in [0.2, 0.25) is 5.75 Å². The molecule has 0 fully saturated rings. The lowest BCUT2D eigenvalue weighted by Crippen LogP contribution is -2.32. The fourth-order valence-corrected chi connectivity index (χ4v) is 3.13. The summed E-state index contributed by atoms with van der Waals surface area (Å²) in [4.78, 5) is 45.0. The molecule has 3 rings (SSSR count). The average molecular weight is 537 g/mol. The van der Waals surface area contributed by atoms with Crippen LogP contribution in [-0.4, -0.2) is 41.1 Å². The van der Waals surface area contributed by atoms with Crippen molar-refractivity contribution in [1.82, 2.24) is 5.43 Å². The molecule has 0 unspecified atom stereocenters. The number of ether oxygens (including phenoxy) is 3. The standard InChI is InChI=1S/C25H23N5O9/c1-3-37-19-9-6-17(7-10-19)27-24(31)25(32)28-26-15-16-5-11-22(23(13-16)38-4-2)39-21-12-8-18(29(33)34)14-20(21)30(35)36/h5-15H,3-4H2,1-2H3,(H,27,31)(H,28,32)/b26-15+. The highest BCUT2D eigenvalue weighted by molar-refractivity contribution is 6.39. The van der Waals surface area contributed by atoms with Crippen LogP contribution in [0, 0.1) is 20.2 Å². The molecule has 0 radical (unpaired) electrons. The number of anilines is 1. The van der Waals surface area contributed by atoms with Crippen molar-refractivity contribution in [3.8, 4) is 23.0 Å². The SMILES string of the molecule is CCOc1ccc(NC(=O)C(=O)N/N=C/c2ccc(Oc3ccc([N+](=O)[O-])cc3[N+](=O)[O-])c(OCC)c2)cc1. The third-order valence-electron chi connectivity index (χ3n) is 4.85. The van der Waals surface area contributed by atoms with E-state index in [0.29, 0.717) is 23.6 Å². The van der Waals surface area contributed by atoms with Crippen molar-refractivity contribution in [2.75, 3.05) is 18.5 Å².